The quantitative estimate of drug-likeness (QED) is 0.718. The molecule has 0 aromatic heterocycles. The molecule has 0 atom stereocenters. The Morgan fingerprint density at radius 1 is 1.04 bits per heavy atom. The average Bonchev–Trinajstić information content (AvgIpc) is 3.34. The first-order chi connectivity index (χ1) is 12.9. The zero-order chi connectivity index (χ0) is 19.3. The second-order valence-corrected chi connectivity index (χ2v) is 9.14. The molecule has 1 heterocycles. The molecule has 1 aromatic carbocycles. The summed E-state index contributed by atoms with van der Waals surface area (Å²) in [6.45, 7) is 0.763. The monoisotopic (exact) mass is 394 g/mol. The van der Waals surface area contributed by atoms with Gasteiger partial charge in [0.2, 0.25) is 10.0 Å². The fourth-order valence-electron chi connectivity index (χ4n) is 3.64. The Labute approximate surface area is 160 Å². The van der Waals surface area contributed by atoms with Crippen LogP contribution in [0.4, 0.5) is 5.69 Å². The number of anilines is 1. The van der Waals surface area contributed by atoms with E-state index in [-0.39, 0.29) is 17.5 Å². The number of hydrogen-bond donors (Lipinski definition) is 1. The fraction of sp³-hybridized carbons (Fsp3) is 0.579. The van der Waals surface area contributed by atoms with Crippen LogP contribution in [0.3, 0.4) is 0 Å². The van der Waals surface area contributed by atoms with Gasteiger partial charge in [0.05, 0.1) is 4.90 Å². The van der Waals surface area contributed by atoms with Gasteiger partial charge in [-0.25, -0.2) is 8.42 Å². The highest BCUT2D eigenvalue weighted by Gasteiger charge is 2.27. The summed E-state index contributed by atoms with van der Waals surface area (Å²) in [6.07, 6.45) is 6.54. The second-order valence-electron chi connectivity index (χ2n) is 7.20. The van der Waals surface area contributed by atoms with E-state index in [1.807, 2.05) is 0 Å². The van der Waals surface area contributed by atoms with Gasteiger partial charge in [-0.2, -0.15) is 4.31 Å². The number of carbonyl (C=O) groups excluding carboxylic acids is 2. The molecule has 1 saturated heterocycles. The Morgan fingerprint density at radius 3 is 2.30 bits per heavy atom. The third-order valence-electron chi connectivity index (χ3n) is 5.14. The van der Waals surface area contributed by atoms with Crippen molar-refractivity contribution in [3.05, 3.63) is 24.3 Å². The van der Waals surface area contributed by atoms with E-state index in [0.717, 1.165) is 38.5 Å². The number of sulfonamides is 1. The van der Waals surface area contributed by atoms with Crippen molar-refractivity contribution < 1.29 is 22.7 Å². The predicted octanol–water partition coefficient (Wildman–Crippen LogP) is 2.53. The molecule has 3 rings (SSSR count). The van der Waals surface area contributed by atoms with Crippen LogP contribution in [0.25, 0.3) is 0 Å². The fourth-order valence-corrected chi connectivity index (χ4v) is 5.16. The third kappa shape index (κ3) is 5.29. The van der Waals surface area contributed by atoms with Gasteiger partial charge in [-0.1, -0.05) is 12.8 Å². The molecule has 1 amide bonds. The highest BCUT2D eigenvalue weighted by Crippen LogP contribution is 2.27. The largest absolute Gasteiger partial charge is 0.456 e. The summed E-state index contributed by atoms with van der Waals surface area (Å²) in [5.41, 5.74) is 0.465. The zero-order valence-corrected chi connectivity index (χ0v) is 16.2. The summed E-state index contributed by atoms with van der Waals surface area (Å²) < 4.78 is 31.4. The summed E-state index contributed by atoms with van der Waals surface area (Å²) in [6, 6.07) is 6.05. The lowest BCUT2D eigenvalue weighted by molar-refractivity contribution is -0.148. The number of ether oxygens (including phenoxy) is 1. The molecular formula is C19H26N2O5S. The van der Waals surface area contributed by atoms with Gasteiger partial charge in [0, 0.05) is 25.2 Å². The molecule has 8 heteroatoms. The van der Waals surface area contributed by atoms with Crippen molar-refractivity contribution in [2.24, 2.45) is 5.92 Å². The molecule has 1 aliphatic carbocycles. The third-order valence-corrected chi connectivity index (χ3v) is 7.05. The van der Waals surface area contributed by atoms with Crippen LogP contribution >= 0.6 is 0 Å². The van der Waals surface area contributed by atoms with E-state index >= 15 is 0 Å². The number of benzene rings is 1. The van der Waals surface area contributed by atoms with E-state index in [4.69, 9.17) is 4.74 Å². The molecule has 1 aromatic rings. The summed E-state index contributed by atoms with van der Waals surface area (Å²) in [5, 5.41) is 2.61. The lowest BCUT2D eigenvalue weighted by Crippen LogP contribution is -2.27. The van der Waals surface area contributed by atoms with Gasteiger partial charge >= 0.3 is 5.97 Å². The predicted molar refractivity (Wildman–Crippen MR) is 101 cm³/mol. The second kappa shape index (κ2) is 8.84. The SMILES string of the molecule is O=C(COC(=O)CC1CCCC1)Nc1ccc(S(=O)(=O)N2CCCC2)cc1. The van der Waals surface area contributed by atoms with Crippen molar-refractivity contribution in [3.8, 4) is 0 Å². The molecular weight excluding hydrogens is 368 g/mol. The van der Waals surface area contributed by atoms with Crippen molar-refractivity contribution in [1.29, 1.82) is 0 Å². The van der Waals surface area contributed by atoms with E-state index in [0.29, 0.717) is 31.1 Å². The first-order valence-electron chi connectivity index (χ1n) is 9.51. The Hall–Kier alpha value is -1.93. The highest BCUT2D eigenvalue weighted by atomic mass is 32.2. The van der Waals surface area contributed by atoms with E-state index in [9.17, 15) is 18.0 Å². The molecule has 2 fully saturated rings. The number of hydrogen-bond acceptors (Lipinski definition) is 5. The van der Waals surface area contributed by atoms with Crippen LogP contribution in [0.15, 0.2) is 29.2 Å². The number of nitrogens with one attached hydrogen (secondary N) is 1. The van der Waals surface area contributed by atoms with Crippen LogP contribution in [0, 0.1) is 5.92 Å². The summed E-state index contributed by atoms with van der Waals surface area (Å²) in [5.74, 6) is -0.403. The van der Waals surface area contributed by atoms with Gasteiger partial charge in [0.1, 0.15) is 0 Å². The number of rotatable bonds is 7. The standard InChI is InChI=1S/C19H26N2O5S/c22-18(14-26-19(23)13-15-5-1-2-6-15)20-16-7-9-17(10-8-16)27(24,25)21-11-3-4-12-21/h7-10,15H,1-6,11-14H2,(H,20,22). The lowest BCUT2D eigenvalue weighted by Gasteiger charge is -2.15. The minimum absolute atomic E-state index is 0.213. The summed E-state index contributed by atoms with van der Waals surface area (Å²) in [7, 11) is -3.47. The number of amides is 1. The smallest absolute Gasteiger partial charge is 0.306 e. The molecule has 27 heavy (non-hydrogen) atoms. The van der Waals surface area contributed by atoms with E-state index in [1.165, 1.54) is 16.4 Å². The number of esters is 1. The minimum Gasteiger partial charge on any atom is -0.456 e. The van der Waals surface area contributed by atoms with Gasteiger partial charge in [0.15, 0.2) is 6.61 Å². The van der Waals surface area contributed by atoms with Crippen LogP contribution in [-0.4, -0.2) is 44.3 Å². The topological polar surface area (TPSA) is 92.8 Å². The molecule has 1 N–H and O–H groups in total. The van der Waals surface area contributed by atoms with Gasteiger partial charge in [0.25, 0.3) is 5.91 Å². The van der Waals surface area contributed by atoms with Gasteiger partial charge in [-0.3, -0.25) is 9.59 Å². The van der Waals surface area contributed by atoms with Crippen LogP contribution in [0.1, 0.15) is 44.9 Å². The van der Waals surface area contributed by atoms with Crippen LogP contribution in [-0.2, 0) is 24.3 Å². The first-order valence-corrected chi connectivity index (χ1v) is 10.9. The molecule has 148 valence electrons. The normalized spacial score (nSPS) is 18.5. The lowest BCUT2D eigenvalue weighted by atomic mass is 10.1. The van der Waals surface area contributed by atoms with Gasteiger partial charge in [-0.05, 0) is 55.9 Å². The van der Waals surface area contributed by atoms with Crippen LogP contribution in [0.5, 0.6) is 0 Å². The van der Waals surface area contributed by atoms with Gasteiger partial charge in [-0.15, -0.1) is 0 Å². The first kappa shape index (κ1) is 19.8. The molecule has 1 saturated carbocycles. The van der Waals surface area contributed by atoms with Crippen molar-refractivity contribution >= 4 is 27.6 Å². The summed E-state index contributed by atoms with van der Waals surface area (Å²) >= 11 is 0. The molecule has 0 spiro atoms. The Balaban J connectivity index is 1.47. The Morgan fingerprint density at radius 2 is 1.67 bits per heavy atom. The van der Waals surface area contributed by atoms with Crippen LogP contribution < -0.4 is 5.32 Å². The Bertz CT molecular complexity index is 764. The molecule has 2 aliphatic rings. The minimum atomic E-state index is -3.47. The maximum Gasteiger partial charge on any atom is 0.306 e. The van der Waals surface area contributed by atoms with Crippen molar-refractivity contribution in [1.82, 2.24) is 4.31 Å². The number of nitrogens with zero attached hydrogens (tertiary/aromatic N) is 1. The van der Waals surface area contributed by atoms with Crippen LogP contribution in [0.2, 0.25) is 0 Å². The van der Waals surface area contributed by atoms with Crippen molar-refractivity contribution in [2.75, 3.05) is 25.0 Å². The van der Waals surface area contributed by atoms with Crippen molar-refractivity contribution in [3.63, 3.8) is 0 Å². The van der Waals surface area contributed by atoms with Gasteiger partial charge < -0.3 is 10.1 Å². The van der Waals surface area contributed by atoms with E-state index in [2.05, 4.69) is 5.32 Å². The molecule has 7 nitrogen and oxygen atoms in total. The molecule has 0 radical (unpaired) electrons. The molecule has 0 bridgehead atoms. The number of carbonyl (C=O) groups is 2. The van der Waals surface area contributed by atoms with E-state index in [1.54, 1.807) is 12.1 Å². The Kier molecular flexibility index (Phi) is 6.49. The maximum atomic E-state index is 12.5. The molecule has 0 unspecified atom stereocenters. The average molecular weight is 394 g/mol. The maximum absolute atomic E-state index is 12.5. The highest BCUT2D eigenvalue weighted by molar-refractivity contribution is 7.89. The molecule has 1 aliphatic heterocycles. The summed E-state index contributed by atoms with van der Waals surface area (Å²) in [4.78, 5) is 23.9. The van der Waals surface area contributed by atoms with Crippen molar-refractivity contribution in [2.45, 2.75) is 49.8 Å². The zero-order valence-electron chi connectivity index (χ0n) is 15.4. The van der Waals surface area contributed by atoms with E-state index < -0.39 is 15.9 Å².